The van der Waals surface area contributed by atoms with E-state index < -0.39 is 0 Å². The summed E-state index contributed by atoms with van der Waals surface area (Å²) in [4.78, 5) is 2.33. The van der Waals surface area contributed by atoms with Crippen molar-refractivity contribution >= 4 is 49.8 Å². The molecule has 0 saturated heterocycles. The number of hydrogen-bond acceptors (Lipinski definition) is 2. The highest BCUT2D eigenvalue weighted by Crippen LogP contribution is 2.54. The molecule has 0 amide bonds. The van der Waals surface area contributed by atoms with Gasteiger partial charge in [0.15, 0.2) is 0 Å². The second kappa shape index (κ2) is 11.1. The largest absolute Gasteiger partial charge is 0.456 e. The lowest BCUT2D eigenvalue weighted by atomic mass is 9.74. The Bertz CT molecular complexity index is 2670. The van der Waals surface area contributed by atoms with E-state index in [0.717, 1.165) is 39.0 Å². The van der Waals surface area contributed by atoms with E-state index in [9.17, 15) is 0 Å². The summed E-state index contributed by atoms with van der Waals surface area (Å²) in [5.74, 6) is 0. The quantitative estimate of drug-likeness (QED) is 0.186. The molecule has 236 valence electrons. The van der Waals surface area contributed by atoms with Crippen molar-refractivity contribution in [3.8, 4) is 22.3 Å². The zero-order valence-electron chi connectivity index (χ0n) is 27.7. The van der Waals surface area contributed by atoms with Crippen molar-refractivity contribution in [3.05, 3.63) is 199 Å². The number of furan rings is 1. The first-order chi connectivity index (χ1) is 24.7. The molecule has 9 aromatic rings. The maximum absolute atomic E-state index is 6.97. The van der Waals surface area contributed by atoms with Crippen molar-refractivity contribution in [2.24, 2.45) is 0 Å². The van der Waals surface area contributed by atoms with Gasteiger partial charge in [0.1, 0.15) is 11.2 Å². The summed E-state index contributed by atoms with van der Waals surface area (Å²) in [6, 6.07) is 65.6. The van der Waals surface area contributed by atoms with Gasteiger partial charge in [0.05, 0.1) is 0 Å². The highest BCUT2D eigenvalue weighted by atomic mass is 16.3. The van der Waals surface area contributed by atoms with Crippen LogP contribution in [0.15, 0.2) is 186 Å². The first kappa shape index (κ1) is 28.6. The van der Waals surface area contributed by atoms with Gasteiger partial charge in [-0.25, -0.2) is 0 Å². The maximum atomic E-state index is 6.97. The Hall–Kier alpha value is -6.38. The summed E-state index contributed by atoms with van der Waals surface area (Å²) in [6.45, 7) is 2.35. The van der Waals surface area contributed by atoms with Gasteiger partial charge in [-0.05, 0) is 87.5 Å². The molecule has 1 heterocycles. The van der Waals surface area contributed by atoms with E-state index in [1.54, 1.807) is 0 Å². The summed E-state index contributed by atoms with van der Waals surface area (Å²) >= 11 is 0. The van der Waals surface area contributed by atoms with Gasteiger partial charge in [-0.1, -0.05) is 140 Å². The number of fused-ring (bicyclic) bond motifs is 7. The van der Waals surface area contributed by atoms with E-state index in [-0.39, 0.29) is 5.41 Å². The average Bonchev–Trinajstić information content (AvgIpc) is 3.68. The molecule has 0 aliphatic heterocycles. The molecular weight excluding hydrogens is 607 g/mol. The van der Waals surface area contributed by atoms with E-state index >= 15 is 0 Å². The van der Waals surface area contributed by atoms with E-state index in [0.29, 0.717) is 0 Å². The maximum Gasteiger partial charge on any atom is 0.139 e. The molecule has 0 fully saturated rings. The fourth-order valence-electron chi connectivity index (χ4n) is 8.26. The molecule has 50 heavy (non-hydrogen) atoms. The second-order valence-electron chi connectivity index (χ2n) is 13.5. The van der Waals surface area contributed by atoms with Crippen LogP contribution in [0.1, 0.15) is 23.6 Å². The van der Waals surface area contributed by atoms with Gasteiger partial charge in [0.2, 0.25) is 0 Å². The van der Waals surface area contributed by atoms with Gasteiger partial charge in [0, 0.05) is 44.9 Å². The van der Waals surface area contributed by atoms with Crippen molar-refractivity contribution in [2.75, 3.05) is 4.90 Å². The highest BCUT2D eigenvalue weighted by molar-refractivity contribution is 6.08. The lowest BCUT2D eigenvalue weighted by molar-refractivity contribution is 0.638. The molecule has 10 rings (SSSR count). The number of nitrogens with zero attached hydrogens (tertiary/aromatic N) is 1. The molecule has 0 N–H and O–H groups in total. The fraction of sp³-hybridized carbons (Fsp3) is 0.0417. The van der Waals surface area contributed by atoms with Crippen LogP contribution >= 0.6 is 0 Å². The van der Waals surface area contributed by atoms with Crippen LogP contribution < -0.4 is 4.90 Å². The molecule has 1 aliphatic carbocycles. The van der Waals surface area contributed by atoms with Crippen molar-refractivity contribution in [3.63, 3.8) is 0 Å². The van der Waals surface area contributed by atoms with Crippen LogP contribution in [0.5, 0.6) is 0 Å². The van der Waals surface area contributed by atoms with Gasteiger partial charge < -0.3 is 9.32 Å². The van der Waals surface area contributed by atoms with Crippen LogP contribution in [-0.4, -0.2) is 0 Å². The van der Waals surface area contributed by atoms with Crippen LogP contribution in [0.25, 0.3) is 55.0 Å². The van der Waals surface area contributed by atoms with E-state index in [4.69, 9.17) is 4.42 Å². The topological polar surface area (TPSA) is 16.4 Å². The normalized spacial score (nSPS) is 13.1. The Balaban J connectivity index is 1.15. The molecule has 0 bridgehead atoms. The Morgan fingerprint density at radius 3 is 1.76 bits per heavy atom. The molecule has 8 aromatic carbocycles. The van der Waals surface area contributed by atoms with E-state index in [1.165, 1.54) is 49.7 Å². The SMILES string of the molecule is CC1(c2cccc3c2oc2cc(N(c4ccc(-c5ccccc5)cc4)c4ccc5ccccc5c4)ccc23)c2ccccc2-c2ccccc21. The van der Waals surface area contributed by atoms with Crippen LogP contribution in [0, 0.1) is 0 Å². The number of para-hydroxylation sites is 1. The van der Waals surface area contributed by atoms with Gasteiger partial charge in [0.25, 0.3) is 0 Å². The Labute approximate surface area is 291 Å². The van der Waals surface area contributed by atoms with Crippen molar-refractivity contribution in [1.82, 2.24) is 0 Å². The standard InChI is InChI=1S/C48H33NO/c1-48(43-19-9-7-16-39(43)40-17-8-10-20-44(40)48)45-21-11-18-42-41-29-28-38(31-46(41)50-47(42)45)49(37-27-24-33-14-5-6-15-35(33)30-37)36-25-22-34(23-26-36)32-12-3-2-4-13-32/h2-31H,1H3. The monoisotopic (exact) mass is 639 g/mol. The zero-order valence-corrected chi connectivity index (χ0v) is 27.7. The predicted molar refractivity (Wildman–Crippen MR) is 209 cm³/mol. The molecule has 0 saturated carbocycles. The highest BCUT2D eigenvalue weighted by Gasteiger charge is 2.42. The minimum Gasteiger partial charge on any atom is -0.456 e. The van der Waals surface area contributed by atoms with Crippen LogP contribution in [0.3, 0.4) is 0 Å². The van der Waals surface area contributed by atoms with Gasteiger partial charge in [-0.3, -0.25) is 0 Å². The molecule has 1 aliphatic rings. The molecule has 2 heteroatoms. The van der Waals surface area contributed by atoms with Crippen molar-refractivity contribution < 1.29 is 4.42 Å². The lowest BCUT2D eigenvalue weighted by Gasteiger charge is -2.28. The molecule has 0 atom stereocenters. The number of benzene rings is 8. The Morgan fingerprint density at radius 2 is 1.00 bits per heavy atom. The predicted octanol–water partition coefficient (Wildman–Crippen LogP) is 13.2. The number of hydrogen-bond donors (Lipinski definition) is 0. The minimum absolute atomic E-state index is 0.346. The van der Waals surface area contributed by atoms with Crippen LogP contribution in [-0.2, 0) is 5.41 Å². The summed E-state index contributed by atoms with van der Waals surface area (Å²) in [7, 11) is 0. The number of rotatable bonds is 5. The molecule has 1 aromatic heterocycles. The van der Waals surface area contributed by atoms with Crippen LogP contribution in [0.4, 0.5) is 17.1 Å². The third-order valence-electron chi connectivity index (χ3n) is 10.7. The fourth-order valence-corrected chi connectivity index (χ4v) is 8.26. The Morgan fingerprint density at radius 1 is 0.420 bits per heavy atom. The lowest BCUT2D eigenvalue weighted by Crippen LogP contribution is -2.22. The first-order valence-electron chi connectivity index (χ1n) is 17.3. The number of anilines is 3. The zero-order chi connectivity index (χ0) is 33.2. The molecule has 2 nitrogen and oxygen atoms in total. The summed E-state index contributed by atoms with van der Waals surface area (Å²) in [5.41, 5.74) is 13.5. The third kappa shape index (κ3) is 4.28. The minimum atomic E-state index is -0.346. The molecule has 0 radical (unpaired) electrons. The summed E-state index contributed by atoms with van der Waals surface area (Å²) < 4.78 is 6.97. The first-order valence-corrected chi connectivity index (χ1v) is 17.3. The Kier molecular flexibility index (Phi) is 6.34. The smallest absolute Gasteiger partial charge is 0.139 e. The van der Waals surface area contributed by atoms with Crippen LogP contribution in [0.2, 0.25) is 0 Å². The molecule has 0 spiro atoms. The van der Waals surface area contributed by atoms with Gasteiger partial charge in [-0.2, -0.15) is 0 Å². The van der Waals surface area contributed by atoms with Crippen molar-refractivity contribution in [2.45, 2.75) is 12.3 Å². The molecule has 0 unspecified atom stereocenters. The van der Waals surface area contributed by atoms with Gasteiger partial charge in [-0.15, -0.1) is 0 Å². The van der Waals surface area contributed by atoms with E-state index in [2.05, 4.69) is 194 Å². The summed E-state index contributed by atoms with van der Waals surface area (Å²) in [6.07, 6.45) is 0. The summed E-state index contributed by atoms with van der Waals surface area (Å²) in [5, 5.41) is 4.68. The van der Waals surface area contributed by atoms with Gasteiger partial charge >= 0.3 is 0 Å². The second-order valence-corrected chi connectivity index (χ2v) is 13.5. The van der Waals surface area contributed by atoms with E-state index in [1.807, 2.05) is 0 Å². The molecular formula is C48H33NO. The third-order valence-corrected chi connectivity index (χ3v) is 10.7. The van der Waals surface area contributed by atoms with Crippen molar-refractivity contribution in [1.29, 1.82) is 0 Å². The average molecular weight is 640 g/mol.